The van der Waals surface area contributed by atoms with Crippen molar-refractivity contribution >= 4 is 175 Å². The van der Waals surface area contributed by atoms with Crippen molar-refractivity contribution in [2.75, 3.05) is 0 Å². The quantitative estimate of drug-likeness (QED) is 0.250. The second kappa shape index (κ2) is 7.01. The molecule has 0 aliphatic heterocycles. The summed E-state index contributed by atoms with van der Waals surface area (Å²) in [4.78, 5) is 0. The first kappa shape index (κ1) is 22.2. The van der Waals surface area contributed by atoms with Crippen LogP contribution in [0.25, 0.3) is 0 Å². The fraction of sp³-hybridized carbons (Fsp3) is 1.00. The molecule has 1 unspecified atom stereocenters. The lowest BCUT2D eigenvalue weighted by Gasteiger charge is -2.51. The van der Waals surface area contributed by atoms with Gasteiger partial charge in [0, 0.05) is 0 Å². The Morgan fingerprint density at radius 3 is 0.882 bits per heavy atom. The van der Waals surface area contributed by atoms with E-state index in [0.29, 0.717) is 0 Å². The zero-order valence-corrected chi connectivity index (χ0v) is 24.5. The maximum atomic E-state index is 12.4. The van der Waals surface area contributed by atoms with E-state index in [9.17, 15) is 5.11 Å². The van der Waals surface area contributed by atoms with Crippen molar-refractivity contribution in [2.24, 2.45) is 0 Å². The van der Waals surface area contributed by atoms with Gasteiger partial charge in [0.2, 0.25) is 3.42 Å². The molecule has 17 heavy (non-hydrogen) atoms. The maximum Gasteiger partial charge on any atom is 0.232 e. The van der Waals surface area contributed by atoms with Gasteiger partial charge in [-0.3, -0.25) is 0 Å². The molecule has 0 aromatic heterocycles. The minimum atomic E-state index is -1.75. The van der Waals surface area contributed by atoms with E-state index in [4.69, 9.17) is 0 Å². The highest BCUT2D eigenvalue weighted by Crippen LogP contribution is 2.72. The van der Waals surface area contributed by atoms with Crippen LogP contribution >= 0.6 is 175 Å². The van der Waals surface area contributed by atoms with Gasteiger partial charge in [0.05, 0.1) is 0 Å². The van der Waals surface area contributed by atoms with Crippen LogP contribution in [0.3, 0.4) is 0 Å². The van der Waals surface area contributed by atoms with Gasteiger partial charge in [0.1, 0.15) is 7.56 Å². The minimum Gasteiger partial charge on any atom is -0.202 e. The third-order valence-electron chi connectivity index (χ3n) is 1.58. The highest BCUT2D eigenvalue weighted by atomic mass is 80.0. The van der Waals surface area contributed by atoms with Crippen molar-refractivity contribution in [1.82, 2.24) is 0 Å². The first-order valence-corrected chi connectivity index (χ1v) is 12.0. The number of alkyl halides is 11. The van der Waals surface area contributed by atoms with Crippen LogP contribution in [0.4, 0.5) is 0 Å². The van der Waals surface area contributed by atoms with E-state index in [2.05, 4.69) is 175 Å². The summed E-state index contributed by atoms with van der Waals surface area (Å²) in [7, 11) is 0. The Kier molecular flexibility index (Phi) is 9.17. The molecule has 1 atom stereocenters. The van der Waals surface area contributed by atoms with E-state index in [-0.39, 0.29) is 0 Å². The lowest BCUT2D eigenvalue weighted by molar-refractivity contribution is 0.114. The van der Waals surface area contributed by atoms with Gasteiger partial charge in [-0.25, -0.2) is 5.11 Å². The molecule has 0 fully saturated rings. The molecule has 0 rings (SSSR count). The SMILES string of the molecule is [O]C(Br)(Br)C(Br)(C(Br)(Br)Br)C(Br)(Br)C(Br)(Br)Br. The highest BCUT2D eigenvalue weighted by Gasteiger charge is 2.73. The Balaban J connectivity index is 6.04. The molecule has 0 spiro atoms. The summed E-state index contributed by atoms with van der Waals surface area (Å²) in [6.45, 7) is 0. The van der Waals surface area contributed by atoms with E-state index in [1.54, 1.807) is 0 Å². The zero-order valence-electron chi connectivity index (χ0n) is 7.07. The summed E-state index contributed by atoms with van der Waals surface area (Å²) in [5.74, 6) is 0. The molecule has 103 valence electrons. The second-order valence-electron chi connectivity index (χ2n) is 2.75. The third-order valence-corrected chi connectivity index (χ3v) is 17.4. The zero-order chi connectivity index (χ0) is 14.5. The van der Waals surface area contributed by atoms with Gasteiger partial charge in [-0.15, -0.1) is 0 Å². The Labute approximate surface area is 192 Å². The van der Waals surface area contributed by atoms with Gasteiger partial charge in [-0.2, -0.15) is 0 Å². The van der Waals surface area contributed by atoms with Crippen molar-refractivity contribution in [3.8, 4) is 0 Å². The summed E-state index contributed by atoms with van der Waals surface area (Å²) in [6, 6.07) is 0. The summed E-state index contributed by atoms with van der Waals surface area (Å²) >= 11 is 36.8. The van der Waals surface area contributed by atoms with Crippen LogP contribution in [0.1, 0.15) is 0 Å². The molecule has 0 saturated carbocycles. The molecule has 0 N–H and O–H groups in total. The Morgan fingerprint density at radius 2 is 0.824 bits per heavy atom. The summed E-state index contributed by atoms with van der Waals surface area (Å²) in [5, 5.41) is 12.4. The molecule has 0 aromatic carbocycles. The fourth-order valence-electron chi connectivity index (χ4n) is 0.721. The van der Waals surface area contributed by atoms with Crippen molar-refractivity contribution in [3.05, 3.63) is 0 Å². The van der Waals surface area contributed by atoms with E-state index < -0.39 is 15.3 Å². The maximum absolute atomic E-state index is 12.4. The molecule has 0 heterocycles. The van der Waals surface area contributed by atoms with E-state index >= 15 is 0 Å². The molecule has 1 nitrogen and oxygen atoms in total. The van der Waals surface area contributed by atoms with Crippen molar-refractivity contribution < 1.29 is 5.11 Å². The van der Waals surface area contributed by atoms with E-state index in [1.165, 1.54) is 0 Å². The van der Waals surface area contributed by atoms with Crippen LogP contribution in [0.2, 0.25) is 0 Å². The van der Waals surface area contributed by atoms with Gasteiger partial charge in [0.15, 0.2) is 4.29 Å². The standard InChI is InChI=1S/C5Br11O/c6-1(3(9,10)11,5(15,16)17)2(7,8)4(12,13)14. The molecule has 0 aliphatic carbocycles. The molecular formula is C5Br11O. The number of hydrogen-bond acceptors (Lipinski definition) is 0. The van der Waals surface area contributed by atoms with Crippen LogP contribution < -0.4 is 0 Å². The predicted molar refractivity (Wildman–Crippen MR) is 113 cm³/mol. The van der Waals surface area contributed by atoms with Gasteiger partial charge in [0.25, 0.3) is 0 Å². The third kappa shape index (κ3) is 4.62. The fourth-order valence-corrected chi connectivity index (χ4v) is 11.0. The van der Waals surface area contributed by atoms with E-state index in [1.807, 2.05) is 0 Å². The Bertz CT molecular complexity index is 266. The Hall–Kier alpha value is 5.24. The summed E-state index contributed by atoms with van der Waals surface area (Å²) < 4.78 is -5.75. The first-order chi connectivity index (χ1) is 7.00. The molecular weight excluding hydrogens is 955 g/mol. The summed E-state index contributed by atoms with van der Waals surface area (Å²) in [5.41, 5.74) is 0. The highest BCUT2D eigenvalue weighted by molar-refractivity contribution is 9.42. The normalized spacial score (nSPS) is 19.1. The molecule has 12 heteroatoms. The lowest BCUT2D eigenvalue weighted by atomic mass is 10.1. The molecule has 0 bridgehead atoms. The molecule has 0 amide bonds. The van der Waals surface area contributed by atoms with Crippen LogP contribution in [-0.4, -0.2) is 15.3 Å². The number of halogens is 11. The molecule has 0 saturated heterocycles. The van der Waals surface area contributed by atoms with Crippen LogP contribution in [-0.2, 0) is 5.11 Å². The molecule has 0 aromatic rings. The van der Waals surface area contributed by atoms with Crippen molar-refractivity contribution in [2.45, 2.75) is 15.3 Å². The summed E-state index contributed by atoms with van der Waals surface area (Å²) in [6.07, 6.45) is 0. The topological polar surface area (TPSA) is 19.9 Å². The largest absolute Gasteiger partial charge is 0.232 e. The van der Waals surface area contributed by atoms with Crippen molar-refractivity contribution in [1.29, 1.82) is 0 Å². The Morgan fingerprint density at radius 1 is 0.529 bits per heavy atom. The molecule has 0 aliphatic rings. The first-order valence-electron chi connectivity index (χ1n) is 3.28. The number of hydrogen-bond donors (Lipinski definition) is 0. The van der Waals surface area contributed by atoms with Gasteiger partial charge < -0.3 is 0 Å². The smallest absolute Gasteiger partial charge is 0.202 e. The predicted octanol–water partition coefficient (Wildman–Crippen LogP) is 8.16. The lowest BCUT2D eigenvalue weighted by Crippen LogP contribution is -2.63. The van der Waals surface area contributed by atoms with E-state index in [0.717, 1.165) is 0 Å². The van der Waals surface area contributed by atoms with Crippen molar-refractivity contribution in [3.63, 3.8) is 0 Å². The average molecular weight is 955 g/mol. The monoisotopic (exact) mass is 944 g/mol. The average Bonchev–Trinajstić information content (AvgIpc) is 1.95. The number of rotatable bonds is 2. The minimum absolute atomic E-state index is 0.832. The van der Waals surface area contributed by atoms with Crippen LogP contribution in [0, 0.1) is 0 Å². The van der Waals surface area contributed by atoms with Gasteiger partial charge in [-0.1, -0.05) is 143 Å². The second-order valence-corrected chi connectivity index (χ2v) is 24.2. The van der Waals surface area contributed by atoms with Gasteiger partial charge in [-0.05, 0) is 31.9 Å². The molecule has 1 radical (unpaired) electrons. The van der Waals surface area contributed by atoms with Crippen LogP contribution in [0.15, 0.2) is 0 Å². The van der Waals surface area contributed by atoms with Crippen LogP contribution in [0.5, 0.6) is 0 Å². The van der Waals surface area contributed by atoms with Gasteiger partial charge >= 0.3 is 0 Å².